The van der Waals surface area contributed by atoms with Crippen LogP contribution in [0.15, 0.2) is 33.9 Å². The van der Waals surface area contributed by atoms with Gasteiger partial charge in [-0.15, -0.1) is 0 Å². The number of rotatable bonds is 4. The maximum Gasteiger partial charge on any atom is 0.332 e. The highest BCUT2D eigenvalue weighted by Gasteiger charge is 2.20. The Hall–Kier alpha value is -2.90. The van der Waals surface area contributed by atoms with Gasteiger partial charge in [0.15, 0.2) is 22.7 Å². The van der Waals surface area contributed by atoms with E-state index < -0.39 is 17.1 Å². The molecular formula is C16H17FN4O3. The summed E-state index contributed by atoms with van der Waals surface area (Å²) in [5, 5.41) is 0. The number of aromatic nitrogens is 4. The number of halogens is 1. The molecule has 0 radical (unpaired) electrons. The lowest BCUT2D eigenvalue weighted by molar-refractivity contribution is 0.389. The zero-order valence-corrected chi connectivity index (χ0v) is 13.6. The van der Waals surface area contributed by atoms with E-state index in [4.69, 9.17) is 4.74 Å². The third-order valence-electron chi connectivity index (χ3n) is 3.80. The molecule has 126 valence electrons. The number of ether oxygens (including phenoxy) is 1. The zero-order valence-electron chi connectivity index (χ0n) is 13.6. The van der Waals surface area contributed by atoms with Crippen LogP contribution in [-0.2, 0) is 20.6 Å². The van der Waals surface area contributed by atoms with E-state index in [2.05, 4.69) is 4.98 Å². The third-order valence-corrected chi connectivity index (χ3v) is 3.80. The lowest BCUT2D eigenvalue weighted by Crippen LogP contribution is -2.37. The largest absolute Gasteiger partial charge is 0.422 e. The minimum absolute atomic E-state index is 0.00647. The number of aryl methyl sites for hydroxylation is 2. The molecule has 24 heavy (non-hydrogen) atoms. The van der Waals surface area contributed by atoms with Gasteiger partial charge in [-0.1, -0.05) is 19.1 Å². The number of benzene rings is 1. The van der Waals surface area contributed by atoms with Crippen molar-refractivity contribution in [3.05, 3.63) is 50.9 Å². The van der Waals surface area contributed by atoms with E-state index >= 15 is 0 Å². The van der Waals surface area contributed by atoms with Gasteiger partial charge in [0.2, 0.25) is 0 Å². The first kappa shape index (κ1) is 16.0. The summed E-state index contributed by atoms with van der Waals surface area (Å²) in [7, 11) is 2.94. The lowest BCUT2D eigenvalue weighted by atomic mass is 10.3. The van der Waals surface area contributed by atoms with Crippen molar-refractivity contribution >= 4 is 11.2 Å². The van der Waals surface area contributed by atoms with Crippen molar-refractivity contribution in [2.75, 3.05) is 0 Å². The highest BCUT2D eigenvalue weighted by molar-refractivity contribution is 5.72. The molecule has 0 saturated heterocycles. The molecule has 0 bridgehead atoms. The Kier molecular flexibility index (Phi) is 3.96. The smallest absolute Gasteiger partial charge is 0.332 e. The average molecular weight is 332 g/mol. The molecule has 2 aromatic heterocycles. The summed E-state index contributed by atoms with van der Waals surface area (Å²) in [5.74, 6) is -0.527. The van der Waals surface area contributed by atoms with Gasteiger partial charge in [0.25, 0.3) is 5.56 Å². The van der Waals surface area contributed by atoms with E-state index in [1.165, 1.54) is 30.8 Å². The number of fused-ring (bicyclic) bond motifs is 1. The van der Waals surface area contributed by atoms with Gasteiger partial charge in [-0.3, -0.25) is 18.5 Å². The predicted molar refractivity (Wildman–Crippen MR) is 87.0 cm³/mol. The van der Waals surface area contributed by atoms with Crippen LogP contribution in [0.3, 0.4) is 0 Å². The summed E-state index contributed by atoms with van der Waals surface area (Å²) >= 11 is 0. The molecule has 0 fully saturated rings. The van der Waals surface area contributed by atoms with Gasteiger partial charge in [-0.05, 0) is 18.6 Å². The Morgan fingerprint density at radius 1 is 1.17 bits per heavy atom. The number of nitrogens with zero attached hydrogens (tertiary/aromatic N) is 4. The first-order valence-electron chi connectivity index (χ1n) is 7.54. The van der Waals surface area contributed by atoms with Crippen LogP contribution in [0.2, 0.25) is 0 Å². The van der Waals surface area contributed by atoms with Crippen LogP contribution >= 0.6 is 0 Å². The summed E-state index contributed by atoms with van der Waals surface area (Å²) < 4.78 is 23.3. The molecule has 2 heterocycles. The minimum Gasteiger partial charge on any atom is -0.422 e. The Balaban J connectivity index is 2.29. The van der Waals surface area contributed by atoms with E-state index in [1.807, 2.05) is 6.92 Å². The summed E-state index contributed by atoms with van der Waals surface area (Å²) in [6.45, 7) is 2.39. The van der Waals surface area contributed by atoms with E-state index in [-0.39, 0.29) is 22.9 Å². The fourth-order valence-electron chi connectivity index (χ4n) is 2.56. The molecule has 0 aliphatic carbocycles. The van der Waals surface area contributed by atoms with E-state index in [0.717, 1.165) is 4.57 Å². The lowest BCUT2D eigenvalue weighted by Gasteiger charge is -2.09. The van der Waals surface area contributed by atoms with Crippen molar-refractivity contribution < 1.29 is 9.13 Å². The topological polar surface area (TPSA) is 71.1 Å². The monoisotopic (exact) mass is 332 g/mol. The van der Waals surface area contributed by atoms with Crippen LogP contribution in [0.1, 0.15) is 13.3 Å². The summed E-state index contributed by atoms with van der Waals surface area (Å²) in [6.07, 6.45) is 0.713. The fourth-order valence-corrected chi connectivity index (χ4v) is 2.56. The Bertz CT molecular complexity index is 1030. The van der Waals surface area contributed by atoms with E-state index in [0.29, 0.717) is 13.0 Å². The van der Waals surface area contributed by atoms with Crippen LogP contribution < -0.4 is 16.0 Å². The second kappa shape index (κ2) is 5.95. The van der Waals surface area contributed by atoms with E-state index in [9.17, 15) is 14.0 Å². The van der Waals surface area contributed by atoms with Gasteiger partial charge < -0.3 is 4.74 Å². The Morgan fingerprint density at radius 3 is 2.54 bits per heavy atom. The average Bonchev–Trinajstić information content (AvgIpc) is 2.92. The van der Waals surface area contributed by atoms with Crippen molar-refractivity contribution in [1.82, 2.24) is 18.7 Å². The maximum absolute atomic E-state index is 13.9. The van der Waals surface area contributed by atoms with Crippen molar-refractivity contribution in [3.8, 4) is 11.8 Å². The second-order valence-corrected chi connectivity index (χ2v) is 5.46. The molecule has 0 spiro atoms. The summed E-state index contributed by atoms with van der Waals surface area (Å²) in [4.78, 5) is 28.8. The molecule has 3 rings (SSSR count). The molecule has 7 nitrogen and oxygen atoms in total. The van der Waals surface area contributed by atoms with Crippen LogP contribution in [0.5, 0.6) is 11.8 Å². The van der Waals surface area contributed by atoms with Crippen LogP contribution in [-0.4, -0.2) is 18.7 Å². The molecule has 0 saturated carbocycles. The molecular weight excluding hydrogens is 315 g/mol. The first-order valence-corrected chi connectivity index (χ1v) is 7.54. The number of imidazole rings is 1. The van der Waals surface area contributed by atoms with Crippen molar-refractivity contribution in [2.45, 2.75) is 19.9 Å². The molecule has 0 N–H and O–H groups in total. The SMILES string of the molecule is CCCn1c(Oc2ccccc2F)nc2c1c(=O)n(C)c(=O)n2C. The molecule has 0 aliphatic heterocycles. The maximum atomic E-state index is 13.9. The fraction of sp³-hybridized carbons (Fsp3) is 0.312. The molecule has 0 amide bonds. The van der Waals surface area contributed by atoms with Gasteiger partial charge in [-0.25, -0.2) is 9.18 Å². The van der Waals surface area contributed by atoms with Gasteiger partial charge >= 0.3 is 11.7 Å². The highest BCUT2D eigenvalue weighted by Crippen LogP contribution is 2.26. The quantitative estimate of drug-likeness (QED) is 0.730. The molecule has 0 unspecified atom stereocenters. The number of hydrogen-bond acceptors (Lipinski definition) is 4. The molecule has 8 heteroatoms. The molecule has 1 aromatic carbocycles. The van der Waals surface area contributed by atoms with Crippen LogP contribution in [0.4, 0.5) is 4.39 Å². The second-order valence-electron chi connectivity index (χ2n) is 5.46. The first-order chi connectivity index (χ1) is 11.5. The normalized spacial score (nSPS) is 11.2. The third kappa shape index (κ3) is 2.40. The van der Waals surface area contributed by atoms with Crippen molar-refractivity contribution in [3.63, 3.8) is 0 Å². The van der Waals surface area contributed by atoms with E-state index in [1.54, 1.807) is 16.7 Å². The molecule has 0 atom stereocenters. The standard InChI is InChI=1S/C16H17FN4O3/c1-4-9-21-12-13(19(2)16(23)20(3)14(12)22)18-15(21)24-11-8-6-5-7-10(11)17/h5-8H,4,9H2,1-3H3. The van der Waals surface area contributed by atoms with Gasteiger partial charge in [0, 0.05) is 20.6 Å². The van der Waals surface area contributed by atoms with Crippen molar-refractivity contribution in [1.29, 1.82) is 0 Å². The Morgan fingerprint density at radius 2 is 1.88 bits per heavy atom. The van der Waals surface area contributed by atoms with Gasteiger partial charge in [0.1, 0.15) is 0 Å². The highest BCUT2D eigenvalue weighted by atomic mass is 19.1. The van der Waals surface area contributed by atoms with Crippen LogP contribution in [0, 0.1) is 5.82 Å². The summed E-state index contributed by atoms with van der Waals surface area (Å²) in [5.41, 5.74) is -0.473. The van der Waals surface area contributed by atoms with Gasteiger partial charge in [0.05, 0.1) is 0 Å². The molecule has 0 aliphatic rings. The number of para-hydroxylation sites is 1. The zero-order chi connectivity index (χ0) is 17.4. The Labute approximate surface area is 136 Å². The van der Waals surface area contributed by atoms with Crippen molar-refractivity contribution in [2.24, 2.45) is 14.1 Å². The summed E-state index contributed by atoms with van der Waals surface area (Å²) in [6, 6.07) is 6.02. The van der Waals surface area contributed by atoms with Crippen LogP contribution in [0.25, 0.3) is 11.2 Å². The predicted octanol–water partition coefficient (Wildman–Crippen LogP) is 1.78. The van der Waals surface area contributed by atoms with Gasteiger partial charge in [-0.2, -0.15) is 4.98 Å². The number of hydrogen-bond donors (Lipinski definition) is 0. The molecule has 3 aromatic rings. The minimum atomic E-state index is -0.533.